The van der Waals surface area contributed by atoms with Crippen molar-refractivity contribution < 1.29 is 17.9 Å². The van der Waals surface area contributed by atoms with E-state index in [-0.39, 0.29) is 6.54 Å². The molecule has 0 atom stereocenters. The molecule has 3 rings (SSSR count). The first-order chi connectivity index (χ1) is 11.5. The third-order valence-electron chi connectivity index (χ3n) is 3.60. The van der Waals surface area contributed by atoms with E-state index in [1.54, 1.807) is 42.5 Å². The maximum absolute atomic E-state index is 12.2. The molecule has 1 aliphatic rings. The van der Waals surface area contributed by atoms with Gasteiger partial charge in [-0.25, -0.2) is 8.42 Å². The monoisotopic (exact) mass is 344 g/mol. The van der Waals surface area contributed by atoms with Crippen LogP contribution in [0.25, 0.3) is 0 Å². The zero-order valence-corrected chi connectivity index (χ0v) is 13.9. The van der Waals surface area contributed by atoms with Gasteiger partial charge < -0.3 is 9.47 Å². The predicted molar refractivity (Wildman–Crippen MR) is 89.6 cm³/mol. The van der Waals surface area contributed by atoms with Gasteiger partial charge in [0.2, 0.25) is 10.0 Å². The summed E-state index contributed by atoms with van der Waals surface area (Å²) in [7, 11) is -3.51. The van der Waals surface area contributed by atoms with Crippen molar-refractivity contribution in [3.8, 4) is 17.6 Å². The molecule has 0 fully saturated rings. The molecule has 6 nitrogen and oxygen atoms in total. The van der Waals surface area contributed by atoms with E-state index < -0.39 is 10.0 Å². The molecular weight excluding hydrogens is 328 g/mol. The number of anilines is 1. The third-order valence-corrected chi connectivity index (χ3v) is 4.74. The van der Waals surface area contributed by atoms with Gasteiger partial charge in [-0.05, 0) is 35.9 Å². The van der Waals surface area contributed by atoms with E-state index in [9.17, 15) is 8.42 Å². The highest BCUT2D eigenvalue weighted by atomic mass is 32.2. The topological polar surface area (TPSA) is 79.6 Å². The summed E-state index contributed by atoms with van der Waals surface area (Å²) in [5.41, 5.74) is 1.63. The maximum atomic E-state index is 12.2. The van der Waals surface area contributed by atoms with Gasteiger partial charge in [0.1, 0.15) is 13.2 Å². The number of fused-ring (bicyclic) bond motifs is 1. The van der Waals surface area contributed by atoms with E-state index in [0.717, 1.165) is 11.8 Å². The molecule has 124 valence electrons. The number of sulfonamides is 1. The van der Waals surface area contributed by atoms with Crippen LogP contribution in [0.1, 0.15) is 11.1 Å². The molecule has 2 aromatic rings. The summed E-state index contributed by atoms with van der Waals surface area (Å²) in [6.45, 7) is 1.11. The van der Waals surface area contributed by atoms with Crippen LogP contribution >= 0.6 is 0 Å². The summed E-state index contributed by atoms with van der Waals surface area (Å²) in [4.78, 5) is 0. The third kappa shape index (κ3) is 3.44. The fourth-order valence-electron chi connectivity index (χ4n) is 2.48. The van der Waals surface area contributed by atoms with Gasteiger partial charge in [-0.3, -0.25) is 4.31 Å². The number of ether oxygens (including phenoxy) is 2. The van der Waals surface area contributed by atoms with Gasteiger partial charge in [0.25, 0.3) is 0 Å². The van der Waals surface area contributed by atoms with Crippen molar-refractivity contribution in [2.45, 2.75) is 6.54 Å². The lowest BCUT2D eigenvalue weighted by Gasteiger charge is -2.24. The van der Waals surface area contributed by atoms with Crippen LogP contribution in [0.2, 0.25) is 0 Å². The van der Waals surface area contributed by atoms with Crippen molar-refractivity contribution in [3.05, 3.63) is 53.6 Å². The fourth-order valence-corrected chi connectivity index (χ4v) is 3.36. The lowest BCUT2D eigenvalue weighted by atomic mass is 10.1. The van der Waals surface area contributed by atoms with Crippen molar-refractivity contribution >= 4 is 15.7 Å². The second-order valence-electron chi connectivity index (χ2n) is 5.41. The highest BCUT2D eigenvalue weighted by Crippen LogP contribution is 2.32. The lowest BCUT2D eigenvalue weighted by Crippen LogP contribution is -2.29. The summed E-state index contributed by atoms with van der Waals surface area (Å²) < 4.78 is 36.7. The summed E-state index contributed by atoms with van der Waals surface area (Å²) in [5.74, 6) is 1.26. The van der Waals surface area contributed by atoms with Crippen molar-refractivity contribution in [3.63, 3.8) is 0 Å². The molecule has 0 aliphatic carbocycles. The minimum absolute atomic E-state index is 0.143. The van der Waals surface area contributed by atoms with E-state index in [0.29, 0.717) is 36.0 Å². The van der Waals surface area contributed by atoms with Crippen LogP contribution in [-0.2, 0) is 16.6 Å². The SMILES string of the molecule is CS(=O)(=O)N(Cc1ccc2c(c1)OCCO2)c1cccc(C#N)c1. The van der Waals surface area contributed by atoms with Gasteiger partial charge in [0.05, 0.1) is 30.1 Å². The zero-order valence-electron chi connectivity index (χ0n) is 13.1. The Morgan fingerprint density at radius 2 is 1.88 bits per heavy atom. The van der Waals surface area contributed by atoms with E-state index in [1.807, 2.05) is 6.07 Å². The fraction of sp³-hybridized carbons (Fsp3) is 0.235. The smallest absolute Gasteiger partial charge is 0.232 e. The normalized spacial score (nSPS) is 13.2. The highest BCUT2D eigenvalue weighted by Gasteiger charge is 2.20. The van der Waals surface area contributed by atoms with Crippen LogP contribution in [-0.4, -0.2) is 27.9 Å². The minimum atomic E-state index is -3.51. The Bertz CT molecular complexity index is 903. The maximum Gasteiger partial charge on any atom is 0.232 e. The molecule has 2 aromatic carbocycles. The van der Waals surface area contributed by atoms with E-state index in [2.05, 4.69) is 0 Å². The van der Waals surface area contributed by atoms with E-state index >= 15 is 0 Å². The van der Waals surface area contributed by atoms with Crippen molar-refractivity contribution in [2.75, 3.05) is 23.8 Å². The molecular formula is C17H16N2O4S. The first-order valence-electron chi connectivity index (χ1n) is 7.34. The Hall–Kier alpha value is -2.72. The molecule has 0 radical (unpaired) electrons. The Balaban J connectivity index is 1.95. The first-order valence-corrected chi connectivity index (χ1v) is 9.18. The van der Waals surface area contributed by atoms with Gasteiger partial charge >= 0.3 is 0 Å². The molecule has 24 heavy (non-hydrogen) atoms. The summed E-state index contributed by atoms with van der Waals surface area (Å²) >= 11 is 0. The van der Waals surface area contributed by atoms with Crippen LogP contribution in [0.4, 0.5) is 5.69 Å². The second kappa shape index (κ2) is 6.42. The molecule has 1 aliphatic heterocycles. The van der Waals surface area contributed by atoms with Gasteiger partial charge in [-0.15, -0.1) is 0 Å². The van der Waals surface area contributed by atoms with Crippen LogP contribution in [0.5, 0.6) is 11.5 Å². The lowest BCUT2D eigenvalue weighted by molar-refractivity contribution is 0.171. The van der Waals surface area contributed by atoms with Gasteiger partial charge in [0.15, 0.2) is 11.5 Å². The summed E-state index contributed by atoms with van der Waals surface area (Å²) in [6.07, 6.45) is 1.14. The number of nitrogens with zero attached hydrogens (tertiary/aromatic N) is 2. The van der Waals surface area contributed by atoms with Crippen LogP contribution in [0.15, 0.2) is 42.5 Å². The average Bonchev–Trinajstić information content (AvgIpc) is 2.58. The van der Waals surface area contributed by atoms with Crippen molar-refractivity contribution in [1.29, 1.82) is 5.26 Å². The molecule has 0 aromatic heterocycles. The summed E-state index contributed by atoms with van der Waals surface area (Å²) in [5, 5.41) is 9.02. The molecule has 0 unspecified atom stereocenters. The molecule has 7 heteroatoms. The molecule has 0 N–H and O–H groups in total. The molecule has 0 saturated heterocycles. The standard InChI is InChI=1S/C17H16N2O4S/c1-24(20,21)19(15-4-2-3-13(9-15)11-18)12-14-5-6-16-17(10-14)23-8-7-22-16/h2-6,9-10H,7-8,12H2,1H3. The zero-order chi connectivity index (χ0) is 17.2. The molecule has 0 saturated carbocycles. The summed E-state index contributed by atoms with van der Waals surface area (Å²) in [6, 6.07) is 13.9. The van der Waals surface area contributed by atoms with Crippen molar-refractivity contribution in [2.24, 2.45) is 0 Å². The molecule has 0 amide bonds. The number of benzene rings is 2. The number of nitriles is 1. The van der Waals surface area contributed by atoms with Gasteiger partial charge in [0, 0.05) is 0 Å². The average molecular weight is 344 g/mol. The van der Waals surface area contributed by atoms with Gasteiger partial charge in [-0.2, -0.15) is 5.26 Å². The van der Waals surface area contributed by atoms with Crippen LogP contribution in [0.3, 0.4) is 0 Å². The Kier molecular flexibility index (Phi) is 4.32. The number of hydrogen-bond acceptors (Lipinski definition) is 5. The molecule has 0 bridgehead atoms. The quantitative estimate of drug-likeness (QED) is 0.850. The second-order valence-corrected chi connectivity index (χ2v) is 7.32. The van der Waals surface area contributed by atoms with Crippen molar-refractivity contribution in [1.82, 2.24) is 0 Å². The largest absolute Gasteiger partial charge is 0.486 e. The Morgan fingerprint density at radius 1 is 1.12 bits per heavy atom. The van der Waals surface area contributed by atoms with Crippen LogP contribution < -0.4 is 13.8 Å². The Labute approximate surface area is 140 Å². The van der Waals surface area contributed by atoms with Crippen LogP contribution in [0, 0.1) is 11.3 Å². The number of hydrogen-bond donors (Lipinski definition) is 0. The highest BCUT2D eigenvalue weighted by molar-refractivity contribution is 7.92. The molecule has 0 spiro atoms. The minimum Gasteiger partial charge on any atom is -0.486 e. The first kappa shape index (κ1) is 16.1. The van der Waals surface area contributed by atoms with E-state index in [1.165, 1.54) is 4.31 Å². The van der Waals surface area contributed by atoms with Gasteiger partial charge in [-0.1, -0.05) is 12.1 Å². The predicted octanol–water partition coefficient (Wildman–Crippen LogP) is 2.30. The molecule has 1 heterocycles. The number of rotatable bonds is 4. The van der Waals surface area contributed by atoms with E-state index in [4.69, 9.17) is 14.7 Å². The Morgan fingerprint density at radius 3 is 2.58 bits per heavy atom.